The predicted octanol–water partition coefficient (Wildman–Crippen LogP) is -0.138. The van der Waals surface area contributed by atoms with Gasteiger partial charge in [-0.25, -0.2) is 0 Å². The zero-order valence-corrected chi connectivity index (χ0v) is 21.1. The van der Waals surface area contributed by atoms with Gasteiger partial charge in [-0.2, -0.15) is 0 Å². The molecule has 0 aromatic rings. The molecule has 15 nitrogen and oxygen atoms in total. The van der Waals surface area contributed by atoms with Gasteiger partial charge in [0.2, 0.25) is 0 Å². The Bertz CT molecular complexity index is 1040. The van der Waals surface area contributed by atoms with Gasteiger partial charge in [0.05, 0.1) is 12.9 Å². The van der Waals surface area contributed by atoms with Gasteiger partial charge < -0.3 is 42.6 Å². The van der Waals surface area contributed by atoms with Gasteiger partial charge in [0, 0.05) is 46.9 Å². The van der Waals surface area contributed by atoms with Crippen LogP contribution in [0.1, 0.15) is 46.9 Å². The molecule has 15 heteroatoms. The number of esters is 6. The highest BCUT2D eigenvalue weighted by Crippen LogP contribution is 2.31. The first-order valence-corrected chi connectivity index (χ1v) is 11.3. The van der Waals surface area contributed by atoms with E-state index in [4.69, 9.17) is 48.1 Å². The molecule has 1 fully saturated rings. The SMILES string of the molecule is [2H]CC(=O)OC[C@H]1OC(OC[C@H]2OC=C[C@@H](OC(C)=O)[C@@H]2OC(C)=O)[C@H](OC(=O)C[2H])[C@@H](OC(=O)C[2H])[C@H]1OC(=O)C[2H]. The van der Waals surface area contributed by atoms with Crippen LogP contribution < -0.4 is 0 Å². The number of hydrogen-bond acceptors (Lipinski definition) is 15. The minimum Gasteiger partial charge on any atom is -0.492 e. The Balaban J connectivity index is 2.46. The molecule has 1 saturated heterocycles. The number of carbonyl (C=O) groups is 6. The Labute approximate surface area is 229 Å². The molecular formula is C24H32O15. The molecule has 8 atom stereocenters. The Morgan fingerprint density at radius 1 is 0.667 bits per heavy atom. The Morgan fingerprint density at radius 2 is 1.23 bits per heavy atom. The van der Waals surface area contributed by atoms with Crippen LogP contribution in [0, 0.1) is 0 Å². The monoisotopic (exact) mass is 564 g/mol. The van der Waals surface area contributed by atoms with E-state index < -0.39 is 126 Å². The lowest BCUT2D eigenvalue weighted by molar-refractivity contribution is -0.313. The third-order valence-electron chi connectivity index (χ3n) is 5.04. The highest BCUT2D eigenvalue weighted by atomic mass is 16.7. The summed E-state index contributed by atoms with van der Waals surface area (Å²) >= 11 is 0. The lowest BCUT2D eigenvalue weighted by Crippen LogP contribution is -2.63. The lowest BCUT2D eigenvalue weighted by Gasteiger charge is -2.44. The lowest BCUT2D eigenvalue weighted by atomic mass is 9.98. The molecular weight excluding hydrogens is 528 g/mol. The van der Waals surface area contributed by atoms with Crippen molar-refractivity contribution in [1.29, 1.82) is 0 Å². The third kappa shape index (κ3) is 9.83. The van der Waals surface area contributed by atoms with E-state index in [0.29, 0.717) is 0 Å². The van der Waals surface area contributed by atoms with E-state index in [1.165, 1.54) is 12.3 Å². The number of rotatable bonds is 10. The molecule has 2 heterocycles. The van der Waals surface area contributed by atoms with Crippen molar-refractivity contribution in [2.24, 2.45) is 0 Å². The van der Waals surface area contributed by atoms with Crippen molar-refractivity contribution in [1.82, 2.24) is 0 Å². The van der Waals surface area contributed by atoms with Crippen molar-refractivity contribution in [2.75, 3.05) is 13.2 Å². The summed E-state index contributed by atoms with van der Waals surface area (Å²) in [5, 5.41) is 0. The number of ether oxygens (including phenoxy) is 9. The van der Waals surface area contributed by atoms with Gasteiger partial charge in [-0.1, -0.05) is 0 Å². The van der Waals surface area contributed by atoms with E-state index in [1.807, 2.05) is 0 Å². The molecule has 0 saturated carbocycles. The van der Waals surface area contributed by atoms with Crippen molar-refractivity contribution in [3.8, 4) is 0 Å². The van der Waals surface area contributed by atoms with Gasteiger partial charge in [0.1, 0.15) is 12.7 Å². The summed E-state index contributed by atoms with van der Waals surface area (Å²) < 4.78 is 77.3. The molecule has 0 aromatic carbocycles. The van der Waals surface area contributed by atoms with E-state index in [0.717, 1.165) is 13.8 Å². The summed E-state index contributed by atoms with van der Waals surface area (Å²) in [5.74, 6) is -5.89. The zero-order chi connectivity index (χ0) is 32.1. The molecule has 39 heavy (non-hydrogen) atoms. The standard InChI is InChI=1S/C24H32O15/c1-11(25)32-10-19-21(36-14(4)28)22(37-15(5)29)23(38-16(6)30)24(39-19)33-9-18-20(35-13(3)27)17(7-8-31-18)34-12(2)26/h7-8,17-24H,9-10H2,1-6H3/t17-,18-,19-,20+,21+,22+,23-,24?/m1/s1/i1D,4D,5D,6D. The molecule has 0 radical (unpaired) electrons. The van der Waals surface area contributed by atoms with Crippen LogP contribution in [0.15, 0.2) is 12.3 Å². The maximum atomic E-state index is 12.2. The highest BCUT2D eigenvalue weighted by Gasteiger charge is 2.53. The first-order chi connectivity index (χ1) is 20.4. The fourth-order valence-corrected chi connectivity index (χ4v) is 3.76. The number of hydrogen-bond donors (Lipinski definition) is 0. The summed E-state index contributed by atoms with van der Waals surface area (Å²) in [6.07, 6.45) is -9.36. The van der Waals surface area contributed by atoms with Crippen molar-refractivity contribution in [3.05, 3.63) is 12.3 Å². The zero-order valence-electron chi connectivity index (χ0n) is 25.1. The average Bonchev–Trinajstić information content (AvgIpc) is 2.97. The van der Waals surface area contributed by atoms with Crippen LogP contribution in [-0.4, -0.2) is 98.0 Å². The predicted molar refractivity (Wildman–Crippen MR) is 123 cm³/mol. The van der Waals surface area contributed by atoms with Crippen LogP contribution in [0.25, 0.3) is 0 Å². The fraction of sp³-hybridized carbons (Fsp3) is 0.667. The summed E-state index contributed by atoms with van der Waals surface area (Å²) in [5.41, 5.74) is 0. The second-order valence-corrected chi connectivity index (χ2v) is 8.07. The van der Waals surface area contributed by atoms with E-state index in [1.54, 1.807) is 0 Å². The maximum Gasteiger partial charge on any atom is 0.303 e. The van der Waals surface area contributed by atoms with Crippen LogP contribution in [0.3, 0.4) is 0 Å². The van der Waals surface area contributed by atoms with Gasteiger partial charge in [0.25, 0.3) is 0 Å². The quantitative estimate of drug-likeness (QED) is 0.252. The van der Waals surface area contributed by atoms with Crippen LogP contribution >= 0.6 is 0 Å². The maximum absolute atomic E-state index is 12.2. The third-order valence-corrected chi connectivity index (χ3v) is 5.04. The number of carbonyl (C=O) groups excluding carboxylic acids is 6. The van der Waals surface area contributed by atoms with Crippen LogP contribution in [-0.2, 0) is 71.4 Å². The van der Waals surface area contributed by atoms with Gasteiger partial charge in [-0.05, 0) is 6.08 Å². The van der Waals surface area contributed by atoms with Crippen molar-refractivity contribution in [3.63, 3.8) is 0 Å². The van der Waals surface area contributed by atoms with Crippen LogP contribution in [0.5, 0.6) is 0 Å². The highest BCUT2D eigenvalue weighted by molar-refractivity contribution is 5.69. The molecule has 2 rings (SSSR count). The van der Waals surface area contributed by atoms with E-state index >= 15 is 0 Å². The summed E-state index contributed by atoms with van der Waals surface area (Å²) in [6, 6.07) is 0. The molecule has 0 aliphatic carbocycles. The molecule has 0 aromatic heterocycles. The topological polar surface area (TPSA) is 185 Å². The van der Waals surface area contributed by atoms with E-state index in [9.17, 15) is 28.8 Å². The second kappa shape index (κ2) is 14.4. The van der Waals surface area contributed by atoms with Crippen molar-refractivity contribution in [2.45, 2.75) is 90.5 Å². The molecule has 0 bridgehead atoms. The Morgan fingerprint density at radius 3 is 1.82 bits per heavy atom. The molecule has 0 N–H and O–H groups in total. The minimum absolute atomic E-state index is 0.519. The average molecular weight is 565 g/mol. The minimum atomic E-state index is -1.76. The van der Waals surface area contributed by atoms with Gasteiger partial charge >= 0.3 is 35.8 Å². The Kier molecular flexibility index (Phi) is 9.46. The smallest absolute Gasteiger partial charge is 0.303 e. The van der Waals surface area contributed by atoms with E-state index in [2.05, 4.69) is 0 Å². The molecule has 1 unspecified atom stereocenters. The van der Waals surface area contributed by atoms with Gasteiger partial charge in [-0.15, -0.1) is 0 Å². The molecule has 218 valence electrons. The first-order valence-electron chi connectivity index (χ1n) is 14.1. The first kappa shape index (κ1) is 25.6. The van der Waals surface area contributed by atoms with Crippen LogP contribution in [0.2, 0.25) is 0 Å². The molecule has 2 aliphatic rings. The second-order valence-electron chi connectivity index (χ2n) is 8.07. The summed E-state index contributed by atoms with van der Waals surface area (Å²) in [4.78, 5) is 71.6. The van der Waals surface area contributed by atoms with Crippen molar-refractivity contribution < 1.29 is 76.9 Å². The summed E-state index contributed by atoms with van der Waals surface area (Å²) in [7, 11) is 0. The molecule has 2 aliphatic heterocycles. The fourth-order valence-electron chi connectivity index (χ4n) is 3.76. The largest absolute Gasteiger partial charge is 0.492 e. The Hall–Kier alpha value is -3.72. The van der Waals surface area contributed by atoms with E-state index in [-0.39, 0.29) is 0 Å². The molecule has 0 spiro atoms. The van der Waals surface area contributed by atoms with Crippen LogP contribution in [0.4, 0.5) is 0 Å². The van der Waals surface area contributed by atoms with Crippen molar-refractivity contribution >= 4 is 35.8 Å². The van der Waals surface area contributed by atoms with Gasteiger partial charge in [-0.3, -0.25) is 28.8 Å². The summed E-state index contributed by atoms with van der Waals surface area (Å²) in [6.45, 7) is -2.45. The van der Waals surface area contributed by atoms with Gasteiger partial charge in [0.15, 0.2) is 42.9 Å². The molecule has 0 amide bonds. The normalized spacial score (nSPS) is 31.0.